The van der Waals surface area contributed by atoms with Crippen molar-refractivity contribution in [1.82, 2.24) is 9.80 Å². The van der Waals surface area contributed by atoms with Gasteiger partial charge in [-0.2, -0.15) is 0 Å². The van der Waals surface area contributed by atoms with Crippen molar-refractivity contribution >= 4 is 34.9 Å². The van der Waals surface area contributed by atoms with E-state index in [4.69, 9.17) is 0 Å². The number of hydrogen-bond acceptors (Lipinski definition) is 5. The highest BCUT2D eigenvalue weighted by atomic mass is 32.2. The number of piperidine rings is 1. The third-order valence-corrected chi connectivity index (χ3v) is 8.76. The molecular formula is C25H33N3S2. The van der Waals surface area contributed by atoms with Crippen LogP contribution in [0.1, 0.15) is 32.1 Å². The quantitative estimate of drug-likeness (QED) is 0.512. The van der Waals surface area contributed by atoms with Gasteiger partial charge >= 0.3 is 0 Å². The van der Waals surface area contributed by atoms with E-state index < -0.39 is 0 Å². The molecular weight excluding hydrogens is 406 g/mol. The summed E-state index contributed by atoms with van der Waals surface area (Å²) < 4.78 is 0. The minimum Gasteiger partial charge on any atom is -0.340 e. The molecule has 30 heavy (non-hydrogen) atoms. The van der Waals surface area contributed by atoms with Crippen LogP contribution in [0.4, 0.5) is 11.4 Å². The van der Waals surface area contributed by atoms with Crippen LogP contribution in [0, 0.1) is 0 Å². The zero-order chi connectivity index (χ0) is 20.3. The molecule has 2 aromatic carbocycles. The molecule has 5 rings (SSSR count). The molecule has 0 unspecified atom stereocenters. The molecule has 0 radical (unpaired) electrons. The van der Waals surface area contributed by atoms with E-state index in [1.54, 1.807) is 0 Å². The summed E-state index contributed by atoms with van der Waals surface area (Å²) in [5, 5.41) is 0. The van der Waals surface area contributed by atoms with Crippen molar-refractivity contribution in [2.24, 2.45) is 0 Å². The van der Waals surface area contributed by atoms with E-state index in [2.05, 4.69) is 63.4 Å². The van der Waals surface area contributed by atoms with Gasteiger partial charge in [0.2, 0.25) is 0 Å². The number of fused-ring (bicyclic) bond motifs is 2. The van der Waals surface area contributed by atoms with Crippen LogP contribution in [-0.4, -0.2) is 61.4 Å². The van der Waals surface area contributed by atoms with Crippen LogP contribution in [0.25, 0.3) is 0 Å². The van der Waals surface area contributed by atoms with Gasteiger partial charge in [-0.3, -0.25) is 0 Å². The molecule has 3 aliphatic heterocycles. The second kappa shape index (κ2) is 9.56. The Kier molecular flexibility index (Phi) is 6.61. The number of anilines is 2. The Labute approximate surface area is 190 Å². The van der Waals surface area contributed by atoms with E-state index in [1.165, 1.54) is 90.9 Å². The first-order chi connectivity index (χ1) is 14.8. The first kappa shape index (κ1) is 20.7. The Hall–Kier alpha value is -1.14. The van der Waals surface area contributed by atoms with E-state index in [-0.39, 0.29) is 0 Å². The van der Waals surface area contributed by atoms with Crippen LogP contribution in [-0.2, 0) is 0 Å². The van der Waals surface area contributed by atoms with Crippen LogP contribution < -0.4 is 4.90 Å². The molecule has 160 valence electrons. The molecule has 0 saturated carbocycles. The number of benzene rings is 2. The standard InChI is InChI=1S/C25H33N3S2/c1-29-21-9-10-25-23(19-21)28(22-7-2-3-8-24(22)30-25)16-6-13-26-17-11-20(12-18-26)27-14-4-5-15-27/h2-3,7-10,19-20H,4-6,11-18H2,1H3. The lowest BCUT2D eigenvalue weighted by Gasteiger charge is -2.37. The first-order valence-corrected chi connectivity index (χ1v) is 13.5. The summed E-state index contributed by atoms with van der Waals surface area (Å²) in [6.07, 6.45) is 8.94. The van der Waals surface area contributed by atoms with Crippen molar-refractivity contribution in [2.45, 2.75) is 52.8 Å². The number of para-hydroxylation sites is 1. The molecule has 3 heterocycles. The monoisotopic (exact) mass is 439 g/mol. The fraction of sp³-hybridized carbons (Fsp3) is 0.520. The summed E-state index contributed by atoms with van der Waals surface area (Å²) in [6, 6.07) is 16.7. The lowest BCUT2D eigenvalue weighted by molar-refractivity contribution is 0.126. The smallest absolute Gasteiger partial charge is 0.0564 e. The highest BCUT2D eigenvalue weighted by molar-refractivity contribution is 8.00. The number of rotatable bonds is 6. The van der Waals surface area contributed by atoms with Gasteiger partial charge in [0.15, 0.2) is 0 Å². The Morgan fingerprint density at radius 3 is 2.47 bits per heavy atom. The van der Waals surface area contributed by atoms with Crippen LogP contribution in [0.3, 0.4) is 0 Å². The van der Waals surface area contributed by atoms with Crippen molar-refractivity contribution in [2.75, 3.05) is 50.4 Å². The fourth-order valence-electron chi connectivity index (χ4n) is 5.24. The molecule has 0 spiro atoms. The summed E-state index contributed by atoms with van der Waals surface area (Å²) in [6.45, 7) is 7.55. The van der Waals surface area contributed by atoms with Crippen molar-refractivity contribution in [3.05, 3.63) is 42.5 Å². The Bertz CT molecular complexity index is 857. The van der Waals surface area contributed by atoms with Crippen LogP contribution in [0.15, 0.2) is 57.2 Å². The van der Waals surface area contributed by atoms with Crippen LogP contribution >= 0.6 is 23.5 Å². The summed E-state index contributed by atoms with van der Waals surface area (Å²) in [5.41, 5.74) is 2.76. The van der Waals surface area contributed by atoms with Gasteiger partial charge in [0.05, 0.1) is 11.4 Å². The van der Waals surface area contributed by atoms with E-state index in [0.717, 1.165) is 12.6 Å². The average Bonchev–Trinajstić information content (AvgIpc) is 3.34. The maximum absolute atomic E-state index is 2.75. The zero-order valence-electron chi connectivity index (χ0n) is 18.1. The maximum atomic E-state index is 2.75. The Balaban J connectivity index is 1.22. The highest BCUT2D eigenvalue weighted by Gasteiger charge is 2.27. The molecule has 2 fully saturated rings. The van der Waals surface area contributed by atoms with E-state index in [1.807, 2.05) is 23.5 Å². The third kappa shape index (κ3) is 4.40. The second-order valence-corrected chi connectivity index (χ2v) is 10.7. The van der Waals surface area contributed by atoms with Crippen LogP contribution in [0.5, 0.6) is 0 Å². The lowest BCUT2D eigenvalue weighted by atomic mass is 10.0. The Morgan fingerprint density at radius 1 is 0.900 bits per heavy atom. The predicted molar refractivity (Wildman–Crippen MR) is 131 cm³/mol. The second-order valence-electron chi connectivity index (χ2n) is 8.72. The summed E-state index contributed by atoms with van der Waals surface area (Å²) in [5.74, 6) is 0. The van der Waals surface area contributed by atoms with Crippen molar-refractivity contribution in [1.29, 1.82) is 0 Å². The molecule has 0 aromatic heterocycles. The summed E-state index contributed by atoms with van der Waals surface area (Å²) in [7, 11) is 0. The minimum atomic E-state index is 0.853. The van der Waals surface area contributed by atoms with Crippen molar-refractivity contribution < 1.29 is 0 Å². The van der Waals surface area contributed by atoms with Gasteiger partial charge in [0.1, 0.15) is 0 Å². The van der Waals surface area contributed by atoms with Gasteiger partial charge in [-0.1, -0.05) is 23.9 Å². The van der Waals surface area contributed by atoms with Gasteiger partial charge < -0.3 is 14.7 Å². The van der Waals surface area contributed by atoms with Gasteiger partial charge in [0.25, 0.3) is 0 Å². The molecule has 0 N–H and O–H groups in total. The molecule has 3 aliphatic rings. The molecule has 5 heteroatoms. The average molecular weight is 440 g/mol. The summed E-state index contributed by atoms with van der Waals surface area (Å²) >= 11 is 3.75. The minimum absolute atomic E-state index is 0.853. The largest absolute Gasteiger partial charge is 0.340 e. The molecule has 2 aromatic rings. The molecule has 0 amide bonds. The number of likely N-dealkylation sites (tertiary alicyclic amines) is 2. The lowest BCUT2D eigenvalue weighted by Crippen LogP contribution is -2.44. The molecule has 0 aliphatic carbocycles. The van der Waals surface area contributed by atoms with Gasteiger partial charge in [-0.15, -0.1) is 11.8 Å². The highest BCUT2D eigenvalue weighted by Crippen LogP contribution is 2.48. The fourth-order valence-corrected chi connectivity index (χ4v) is 6.75. The number of thioether (sulfide) groups is 1. The zero-order valence-corrected chi connectivity index (χ0v) is 19.7. The molecule has 2 saturated heterocycles. The van der Waals surface area contributed by atoms with Gasteiger partial charge in [0, 0.05) is 27.3 Å². The number of nitrogens with zero attached hydrogens (tertiary/aromatic N) is 3. The van der Waals surface area contributed by atoms with E-state index in [0.29, 0.717) is 0 Å². The van der Waals surface area contributed by atoms with Gasteiger partial charge in [-0.25, -0.2) is 0 Å². The summed E-state index contributed by atoms with van der Waals surface area (Å²) in [4.78, 5) is 12.1. The van der Waals surface area contributed by atoms with Crippen molar-refractivity contribution in [3.63, 3.8) is 0 Å². The van der Waals surface area contributed by atoms with Crippen LogP contribution in [0.2, 0.25) is 0 Å². The first-order valence-electron chi connectivity index (χ1n) is 11.5. The predicted octanol–water partition coefficient (Wildman–Crippen LogP) is 5.96. The Morgan fingerprint density at radius 2 is 1.67 bits per heavy atom. The van der Waals surface area contributed by atoms with E-state index >= 15 is 0 Å². The number of hydrogen-bond donors (Lipinski definition) is 0. The van der Waals surface area contributed by atoms with E-state index in [9.17, 15) is 0 Å². The molecule has 0 bridgehead atoms. The third-order valence-electron chi connectivity index (χ3n) is 6.90. The normalized spacial score (nSPS) is 20.4. The maximum Gasteiger partial charge on any atom is 0.0564 e. The molecule has 3 nitrogen and oxygen atoms in total. The topological polar surface area (TPSA) is 9.72 Å². The molecule has 0 atom stereocenters. The van der Waals surface area contributed by atoms with Gasteiger partial charge in [-0.05, 0) is 101 Å². The van der Waals surface area contributed by atoms with Crippen molar-refractivity contribution in [3.8, 4) is 0 Å². The SMILES string of the molecule is CSc1ccc2c(c1)N(CCCN1CCC(N3CCCC3)CC1)c1ccccc1S2.